The van der Waals surface area contributed by atoms with Crippen LogP contribution in [0.25, 0.3) is 5.78 Å². The van der Waals surface area contributed by atoms with E-state index in [4.69, 9.17) is 15.2 Å². The van der Waals surface area contributed by atoms with Crippen molar-refractivity contribution in [1.82, 2.24) is 19.6 Å². The van der Waals surface area contributed by atoms with Crippen molar-refractivity contribution < 1.29 is 18.7 Å². The van der Waals surface area contributed by atoms with Gasteiger partial charge in [-0.1, -0.05) is 0 Å². The number of rotatable bonds is 6. The summed E-state index contributed by atoms with van der Waals surface area (Å²) in [6, 6.07) is 4.07. The van der Waals surface area contributed by atoms with Gasteiger partial charge in [-0.25, -0.2) is 9.37 Å². The van der Waals surface area contributed by atoms with E-state index in [0.29, 0.717) is 23.5 Å². The van der Waals surface area contributed by atoms with Gasteiger partial charge >= 0.3 is 5.97 Å². The molecule has 0 spiro atoms. The number of ether oxygens (including phenoxy) is 2. The van der Waals surface area contributed by atoms with Crippen molar-refractivity contribution in [3.8, 4) is 5.75 Å². The van der Waals surface area contributed by atoms with Gasteiger partial charge in [-0.05, 0) is 44.0 Å². The molecular weight excluding hydrogens is 353 g/mol. The number of hydrogen-bond acceptors (Lipinski definition) is 7. The summed E-state index contributed by atoms with van der Waals surface area (Å²) in [5, 5.41) is 4.10. The molecule has 0 fully saturated rings. The molecule has 0 saturated heterocycles. The highest BCUT2D eigenvalue weighted by Crippen LogP contribution is 2.21. The van der Waals surface area contributed by atoms with E-state index >= 15 is 0 Å². The van der Waals surface area contributed by atoms with Gasteiger partial charge in [-0.3, -0.25) is 4.79 Å². The smallest absolute Gasteiger partial charge is 0.306 e. The van der Waals surface area contributed by atoms with Gasteiger partial charge in [0.15, 0.2) is 0 Å². The number of nitrogens with two attached hydrogens (primary N) is 1. The molecule has 8 nitrogen and oxygen atoms in total. The van der Waals surface area contributed by atoms with Gasteiger partial charge in [0.2, 0.25) is 5.95 Å². The van der Waals surface area contributed by atoms with E-state index in [1.165, 1.54) is 25.3 Å². The van der Waals surface area contributed by atoms with Crippen LogP contribution in [0.1, 0.15) is 28.9 Å². The van der Waals surface area contributed by atoms with E-state index in [2.05, 4.69) is 15.1 Å². The van der Waals surface area contributed by atoms with Crippen LogP contribution < -0.4 is 10.5 Å². The lowest BCUT2D eigenvalue weighted by molar-refractivity contribution is -0.144. The number of nitrogen functional groups attached to an aromatic ring is 1. The largest absolute Gasteiger partial charge is 0.496 e. The lowest BCUT2D eigenvalue weighted by Gasteiger charge is -2.11. The Hall–Kier alpha value is -3.23. The number of esters is 1. The average Bonchev–Trinajstić information content (AvgIpc) is 3.00. The molecule has 27 heavy (non-hydrogen) atoms. The summed E-state index contributed by atoms with van der Waals surface area (Å²) in [4.78, 5) is 20.5. The third-order valence-corrected chi connectivity index (χ3v) is 4.28. The average molecular weight is 373 g/mol. The number of halogens is 1. The third-order valence-electron chi connectivity index (χ3n) is 4.28. The quantitative estimate of drug-likeness (QED) is 0.660. The second kappa shape index (κ2) is 7.56. The highest BCUT2D eigenvalue weighted by molar-refractivity contribution is 5.70. The molecule has 0 aliphatic heterocycles. The van der Waals surface area contributed by atoms with Crippen LogP contribution in [0.4, 0.5) is 10.3 Å². The summed E-state index contributed by atoms with van der Waals surface area (Å²) < 4.78 is 25.3. The Morgan fingerprint density at radius 3 is 2.81 bits per heavy atom. The topological polar surface area (TPSA) is 105 Å². The number of aryl methyl sites for hydroxylation is 2. The zero-order chi connectivity index (χ0) is 19.6. The highest BCUT2D eigenvalue weighted by Gasteiger charge is 2.15. The van der Waals surface area contributed by atoms with Crippen LogP contribution in [0.15, 0.2) is 18.2 Å². The third kappa shape index (κ3) is 3.97. The van der Waals surface area contributed by atoms with Crippen molar-refractivity contribution in [3.63, 3.8) is 0 Å². The first kappa shape index (κ1) is 18.6. The molecule has 0 bridgehead atoms. The first-order chi connectivity index (χ1) is 12.9. The van der Waals surface area contributed by atoms with Crippen LogP contribution in [0.5, 0.6) is 5.75 Å². The fraction of sp³-hybridized carbons (Fsp3) is 0.333. The maximum atomic E-state index is 13.4. The van der Waals surface area contributed by atoms with Crippen molar-refractivity contribution in [2.75, 3.05) is 12.8 Å². The standard InChI is InChI=1S/C18H20FN5O3/c1-10-14(11(2)24-18(21-10)22-17(20)23-24)5-7-16(25)27-9-12-8-13(19)4-6-15(12)26-3/h4,6,8H,5,7,9H2,1-3H3,(H2,20,23). The van der Waals surface area contributed by atoms with Gasteiger partial charge in [0.25, 0.3) is 5.78 Å². The Morgan fingerprint density at radius 2 is 2.07 bits per heavy atom. The second-order valence-electron chi connectivity index (χ2n) is 6.06. The summed E-state index contributed by atoms with van der Waals surface area (Å²) in [6.07, 6.45) is 0.580. The van der Waals surface area contributed by atoms with Crippen molar-refractivity contribution in [2.45, 2.75) is 33.3 Å². The molecular formula is C18H20FN5O3. The van der Waals surface area contributed by atoms with Crippen LogP contribution in [0.2, 0.25) is 0 Å². The van der Waals surface area contributed by atoms with E-state index in [1.54, 1.807) is 4.52 Å². The highest BCUT2D eigenvalue weighted by atomic mass is 19.1. The Labute approximate surface area is 155 Å². The summed E-state index contributed by atoms with van der Waals surface area (Å²) in [5.74, 6) is 0.213. The van der Waals surface area contributed by atoms with E-state index in [1.807, 2.05) is 13.8 Å². The van der Waals surface area contributed by atoms with Crippen LogP contribution in [0, 0.1) is 19.7 Å². The molecule has 3 rings (SSSR count). The molecule has 2 heterocycles. The fourth-order valence-electron chi connectivity index (χ4n) is 2.90. The van der Waals surface area contributed by atoms with E-state index in [0.717, 1.165) is 17.0 Å². The summed E-state index contributed by atoms with van der Waals surface area (Å²) in [6.45, 7) is 3.65. The number of fused-ring (bicyclic) bond motifs is 1. The van der Waals surface area contributed by atoms with Crippen molar-refractivity contribution in [2.24, 2.45) is 0 Å². The lowest BCUT2D eigenvalue weighted by Crippen LogP contribution is -2.10. The Morgan fingerprint density at radius 1 is 1.30 bits per heavy atom. The molecule has 0 aliphatic rings. The number of methoxy groups -OCH3 is 1. The molecule has 0 saturated carbocycles. The summed E-state index contributed by atoms with van der Waals surface area (Å²) in [5.41, 5.74) is 8.55. The zero-order valence-electron chi connectivity index (χ0n) is 15.3. The lowest BCUT2D eigenvalue weighted by atomic mass is 10.1. The molecule has 3 aromatic rings. The summed E-state index contributed by atoms with van der Waals surface area (Å²) >= 11 is 0. The minimum Gasteiger partial charge on any atom is -0.496 e. The molecule has 9 heteroatoms. The van der Waals surface area contributed by atoms with Gasteiger partial charge in [0.05, 0.1) is 7.11 Å². The zero-order valence-corrected chi connectivity index (χ0v) is 15.3. The van der Waals surface area contributed by atoms with Gasteiger partial charge in [0, 0.05) is 23.4 Å². The van der Waals surface area contributed by atoms with Crippen LogP contribution in [-0.2, 0) is 22.6 Å². The van der Waals surface area contributed by atoms with Gasteiger partial charge in [-0.15, -0.1) is 5.10 Å². The molecule has 1 aromatic carbocycles. The first-order valence-corrected chi connectivity index (χ1v) is 8.35. The molecule has 0 aliphatic carbocycles. The molecule has 0 unspecified atom stereocenters. The first-order valence-electron chi connectivity index (χ1n) is 8.35. The molecule has 0 radical (unpaired) electrons. The number of anilines is 1. The van der Waals surface area contributed by atoms with Gasteiger partial charge in [0.1, 0.15) is 18.2 Å². The molecule has 142 valence electrons. The van der Waals surface area contributed by atoms with E-state index in [-0.39, 0.29) is 19.0 Å². The number of nitrogens with zero attached hydrogens (tertiary/aromatic N) is 4. The molecule has 0 atom stereocenters. The SMILES string of the molecule is COc1ccc(F)cc1COC(=O)CCc1c(C)nc2nc(N)nn2c1C. The van der Waals surface area contributed by atoms with Crippen molar-refractivity contribution in [3.05, 3.63) is 46.5 Å². The Balaban J connectivity index is 1.66. The predicted octanol–water partition coefficient (Wildman–Crippen LogP) is 2.15. The maximum absolute atomic E-state index is 13.4. The number of hydrogen-bond donors (Lipinski definition) is 1. The second-order valence-corrected chi connectivity index (χ2v) is 6.06. The molecule has 2 N–H and O–H groups in total. The van der Waals surface area contributed by atoms with E-state index in [9.17, 15) is 9.18 Å². The fourth-order valence-corrected chi connectivity index (χ4v) is 2.90. The predicted molar refractivity (Wildman–Crippen MR) is 95.7 cm³/mol. The maximum Gasteiger partial charge on any atom is 0.306 e. The number of benzene rings is 1. The number of carbonyl (C=O) groups excluding carboxylic acids is 1. The Kier molecular flexibility index (Phi) is 5.20. The minimum absolute atomic E-state index is 0.0609. The van der Waals surface area contributed by atoms with Crippen LogP contribution >= 0.6 is 0 Å². The Bertz CT molecular complexity index is 1000. The van der Waals surface area contributed by atoms with Crippen LogP contribution in [-0.4, -0.2) is 32.7 Å². The van der Waals surface area contributed by atoms with E-state index < -0.39 is 11.8 Å². The van der Waals surface area contributed by atoms with Crippen molar-refractivity contribution >= 4 is 17.7 Å². The number of carbonyl (C=O) groups is 1. The molecule has 2 aromatic heterocycles. The molecule has 0 amide bonds. The monoisotopic (exact) mass is 373 g/mol. The van der Waals surface area contributed by atoms with Crippen LogP contribution in [0.3, 0.4) is 0 Å². The normalized spacial score (nSPS) is 11.0. The summed E-state index contributed by atoms with van der Waals surface area (Å²) in [7, 11) is 1.48. The van der Waals surface area contributed by atoms with Gasteiger partial charge < -0.3 is 15.2 Å². The van der Waals surface area contributed by atoms with Gasteiger partial charge in [-0.2, -0.15) is 9.50 Å². The number of aromatic nitrogens is 4. The van der Waals surface area contributed by atoms with Crippen molar-refractivity contribution in [1.29, 1.82) is 0 Å². The minimum atomic E-state index is -0.417.